The fourth-order valence-electron chi connectivity index (χ4n) is 1.32. The molecule has 0 aliphatic carbocycles. The Morgan fingerprint density at radius 3 is 2.36 bits per heavy atom. The highest BCUT2D eigenvalue weighted by Crippen LogP contribution is 2.28. The van der Waals surface area contributed by atoms with Gasteiger partial charge in [0, 0.05) is 0 Å². The number of hydrogen-bond donors (Lipinski definition) is 1. The van der Waals surface area contributed by atoms with Crippen LogP contribution >= 0.6 is 22.6 Å². The molecular weight excluding hydrogens is 289 g/mol. The number of nitrogen functional groups attached to an aromatic ring is 1. The molecule has 3 nitrogen and oxygen atoms in total. The van der Waals surface area contributed by atoms with Gasteiger partial charge in [-0.1, -0.05) is 20.8 Å². The van der Waals surface area contributed by atoms with Crippen LogP contribution in [0.1, 0.15) is 51.8 Å². The third kappa shape index (κ3) is 2.04. The minimum absolute atomic E-state index is 0.385. The van der Waals surface area contributed by atoms with Crippen molar-refractivity contribution >= 4 is 28.4 Å². The molecule has 0 saturated heterocycles. The van der Waals surface area contributed by atoms with Gasteiger partial charge >= 0.3 is 0 Å². The van der Waals surface area contributed by atoms with Gasteiger partial charge in [-0.2, -0.15) is 5.10 Å². The summed E-state index contributed by atoms with van der Waals surface area (Å²) in [6.45, 7) is 8.58. The normalized spacial score (nSPS) is 13.6. The third-order valence-corrected chi connectivity index (χ3v) is 3.57. The molecule has 1 atom stereocenters. The van der Waals surface area contributed by atoms with E-state index in [-0.39, 0.29) is 0 Å². The Hall–Kier alpha value is -0.260. The van der Waals surface area contributed by atoms with Crippen molar-refractivity contribution in [3.63, 3.8) is 0 Å². The molecule has 0 bridgehead atoms. The molecule has 0 radical (unpaired) electrons. The van der Waals surface area contributed by atoms with Crippen molar-refractivity contribution < 1.29 is 0 Å². The SMILES string of the molecule is CCC(C)n1nc(C(C)C)c(I)c1N. The quantitative estimate of drug-likeness (QED) is 0.872. The van der Waals surface area contributed by atoms with Crippen molar-refractivity contribution in [3.8, 4) is 0 Å². The highest BCUT2D eigenvalue weighted by Gasteiger charge is 2.17. The largest absolute Gasteiger partial charge is 0.383 e. The van der Waals surface area contributed by atoms with Gasteiger partial charge in [-0.3, -0.25) is 0 Å². The van der Waals surface area contributed by atoms with Crippen LogP contribution in [0.3, 0.4) is 0 Å². The fraction of sp³-hybridized carbons (Fsp3) is 0.700. The second kappa shape index (κ2) is 4.51. The molecule has 1 unspecified atom stereocenters. The minimum Gasteiger partial charge on any atom is -0.383 e. The van der Waals surface area contributed by atoms with Crippen LogP contribution in [-0.4, -0.2) is 9.78 Å². The van der Waals surface area contributed by atoms with E-state index in [0.717, 1.165) is 21.5 Å². The summed E-state index contributed by atoms with van der Waals surface area (Å²) >= 11 is 2.28. The number of hydrogen-bond acceptors (Lipinski definition) is 2. The summed E-state index contributed by atoms with van der Waals surface area (Å²) in [5.74, 6) is 1.25. The zero-order valence-electron chi connectivity index (χ0n) is 9.21. The third-order valence-electron chi connectivity index (χ3n) is 2.47. The maximum absolute atomic E-state index is 6.01. The summed E-state index contributed by atoms with van der Waals surface area (Å²) in [6.07, 6.45) is 1.06. The number of nitrogens with zero attached hydrogens (tertiary/aromatic N) is 2. The van der Waals surface area contributed by atoms with Crippen LogP contribution in [0.2, 0.25) is 0 Å². The lowest BCUT2D eigenvalue weighted by Crippen LogP contribution is -2.09. The second-order valence-electron chi connectivity index (χ2n) is 3.94. The maximum Gasteiger partial charge on any atom is 0.135 e. The first-order valence-electron chi connectivity index (χ1n) is 5.02. The lowest BCUT2D eigenvalue weighted by molar-refractivity contribution is 0.478. The molecule has 80 valence electrons. The van der Waals surface area contributed by atoms with E-state index < -0.39 is 0 Å². The number of aromatic nitrogens is 2. The van der Waals surface area contributed by atoms with E-state index >= 15 is 0 Å². The summed E-state index contributed by atoms with van der Waals surface area (Å²) in [6, 6.07) is 0.385. The van der Waals surface area contributed by atoms with Crippen LogP contribution in [-0.2, 0) is 0 Å². The maximum atomic E-state index is 6.01. The van der Waals surface area contributed by atoms with Crippen LogP contribution in [0.25, 0.3) is 0 Å². The van der Waals surface area contributed by atoms with E-state index in [1.165, 1.54) is 0 Å². The Balaban J connectivity index is 3.15. The van der Waals surface area contributed by atoms with E-state index in [1.54, 1.807) is 0 Å². The van der Waals surface area contributed by atoms with Gasteiger partial charge in [-0.15, -0.1) is 0 Å². The minimum atomic E-state index is 0.385. The average Bonchev–Trinajstić information content (AvgIpc) is 2.43. The molecule has 1 aromatic rings. The van der Waals surface area contributed by atoms with Crippen molar-refractivity contribution in [2.45, 2.75) is 46.1 Å². The highest BCUT2D eigenvalue weighted by molar-refractivity contribution is 14.1. The molecule has 14 heavy (non-hydrogen) atoms. The first kappa shape index (κ1) is 11.8. The molecule has 0 aliphatic rings. The predicted molar refractivity (Wildman–Crippen MR) is 68.4 cm³/mol. The molecule has 1 heterocycles. The van der Waals surface area contributed by atoms with Crippen molar-refractivity contribution in [1.82, 2.24) is 9.78 Å². The van der Waals surface area contributed by atoms with Crippen molar-refractivity contribution in [2.24, 2.45) is 0 Å². The molecule has 0 spiro atoms. The number of anilines is 1. The van der Waals surface area contributed by atoms with Crippen molar-refractivity contribution in [1.29, 1.82) is 0 Å². The summed E-state index contributed by atoms with van der Waals surface area (Å²) < 4.78 is 3.05. The van der Waals surface area contributed by atoms with Crippen LogP contribution in [0.15, 0.2) is 0 Å². The zero-order chi connectivity index (χ0) is 10.9. The van der Waals surface area contributed by atoms with Gasteiger partial charge in [-0.25, -0.2) is 4.68 Å². The van der Waals surface area contributed by atoms with Gasteiger partial charge in [0.15, 0.2) is 0 Å². The summed E-state index contributed by atoms with van der Waals surface area (Å²) in [7, 11) is 0. The fourth-order valence-corrected chi connectivity index (χ4v) is 2.30. The molecule has 1 aromatic heterocycles. The lowest BCUT2D eigenvalue weighted by Gasteiger charge is -2.10. The number of nitrogens with two attached hydrogens (primary N) is 1. The van der Waals surface area contributed by atoms with Crippen LogP contribution in [0.4, 0.5) is 5.82 Å². The molecule has 4 heteroatoms. The molecule has 0 aromatic carbocycles. The van der Waals surface area contributed by atoms with Crippen molar-refractivity contribution in [2.75, 3.05) is 5.73 Å². The Kier molecular flexibility index (Phi) is 3.80. The highest BCUT2D eigenvalue weighted by atomic mass is 127. The molecule has 0 fully saturated rings. The van der Waals surface area contributed by atoms with E-state index in [4.69, 9.17) is 5.73 Å². The van der Waals surface area contributed by atoms with E-state index in [0.29, 0.717) is 12.0 Å². The summed E-state index contributed by atoms with van der Waals surface area (Å²) in [5.41, 5.74) is 7.12. The van der Waals surface area contributed by atoms with Crippen LogP contribution < -0.4 is 5.73 Å². The Labute approximate surface area is 99.2 Å². The standard InChI is InChI=1S/C10H18IN3/c1-5-7(4)14-10(12)8(11)9(13-14)6(2)3/h6-7H,5,12H2,1-4H3. The molecule has 0 amide bonds. The van der Waals surface area contributed by atoms with Gasteiger partial charge in [0.05, 0.1) is 15.3 Å². The molecule has 1 rings (SSSR count). The lowest BCUT2D eigenvalue weighted by atomic mass is 10.1. The average molecular weight is 307 g/mol. The Bertz CT molecular complexity index is 317. The Morgan fingerprint density at radius 1 is 1.43 bits per heavy atom. The second-order valence-corrected chi connectivity index (χ2v) is 5.02. The first-order chi connectivity index (χ1) is 6.49. The first-order valence-corrected chi connectivity index (χ1v) is 6.10. The van der Waals surface area contributed by atoms with E-state index in [1.807, 2.05) is 4.68 Å². The number of rotatable bonds is 3. The van der Waals surface area contributed by atoms with Crippen LogP contribution in [0, 0.1) is 3.57 Å². The molecule has 2 N–H and O–H groups in total. The summed E-state index contributed by atoms with van der Waals surface area (Å²) in [4.78, 5) is 0. The van der Waals surface area contributed by atoms with Crippen molar-refractivity contribution in [3.05, 3.63) is 9.26 Å². The summed E-state index contributed by atoms with van der Waals surface area (Å²) in [5, 5.41) is 4.56. The molecule has 0 saturated carbocycles. The Morgan fingerprint density at radius 2 is 2.00 bits per heavy atom. The van der Waals surface area contributed by atoms with Gasteiger partial charge in [-0.05, 0) is 41.9 Å². The zero-order valence-corrected chi connectivity index (χ0v) is 11.4. The predicted octanol–water partition coefficient (Wildman–Crippen LogP) is 3.16. The molecule has 0 aliphatic heterocycles. The van der Waals surface area contributed by atoms with Crippen LogP contribution in [0.5, 0.6) is 0 Å². The van der Waals surface area contributed by atoms with Gasteiger partial charge in [0.25, 0.3) is 0 Å². The number of halogens is 1. The van der Waals surface area contributed by atoms with Gasteiger partial charge < -0.3 is 5.73 Å². The monoisotopic (exact) mass is 307 g/mol. The van der Waals surface area contributed by atoms with Gasteiger partial charge in [0.2, 0.25) is 0 Å². The van der Waals surface area contributed by atoms with Gasteiger partial charge in [0.1, 0.15) is 5.82 Å². The molecular formula is C10H18IN3. The van der Waals surface area contributed by atoms with E-state index in [9.17, 15) is 0 Å². The van der Waals surface area contributed by atoms with E-state index in [2.05, 4.69) is 55.4 Å². The smallest absolute Gasteiger partial charge is 0.135 e. The topological polar surface area (TPSA) is 43.8 Å².